The summed E-state index contributed by atoms with van der Waals surface area (Å²) in [5, 5.41) is 13.9. The first-order valence-electron chi connectivity index (χ1n) is 14.3. The van der Waals surface area contributed by atoms with Gasteiger partial charge in [-0.25, -0.2) is 8.78 Å². The molecule has 7 nitrogen and oxygen atoms in total. The van der Waals surface area contributed by atoms with Crippen molar-refractivity contribution in [1.29, 1.82) is 0 Å². The van der Waals surface area contributed by atoms with Crippen LogP contribution < -0.4 is 19.9 Å². The molecule has 1 aliphatic carbocycles. The van der Waals surface area contributed by atoms with Crippen molar-refractivity contribution in [2.45, 2.75) is 44.6 Å². The molecule has 4 aliphatic rings. The number of benzene rings is 2. The van der Waals surface area contributed by atoms with Crippen molar-refractivity contribution in [2.75, 3.05) is 62.7 Å². The van der Waals surface area contributed by atoms with Crippen LogP contribution in [-0.4, -0.2) is 68.8 Å². The largest absolute Gasteiger partial charge is 0.503 e. The third-order valence-electron chi connectivity index (χ3n) is 9.42. The Balaban J connectivity index is 1.27. The number of phenolic OH excluding ortho intramolecular Hbond substituents is 1. The number of piperazine rings is 1. The fourth-order valence-electron chi connectivity index (χ4n) is 7.34. The minimum atomic E-state index is -0.791. The number of anilines is 2. The van der Waals surface area contributed by atoms with Crippen molar-refractivity contribution in [3.05, 3.63) is 47.5 Å². The van der Waals surface area contributed by atoms with Gasteiger partial charge in [0.1, 0.15) is 11.6 Å². The Kier molecular flexibility index (Phi) is 7.14. The number of phenols is 1. The van der Waals surface area contributed by atoms with Gasteiger partial charge >= 0.3 is 0 Å². The van der Waals surface area contributed by atoms with Gasteiger partial charge in [0.05, 0.1) is 29.9 Å². The van der Waals surface area contributed by atoms with Gasteiger partial charge in [0, 0.05) is 57.4 Å². The van der Waals surface area contributed by atoms with Gasteiger partial charge in [0.2, 0.25) is 5.91 Å². The van der Waals surface area contributed by atoms with Gasteiger partial charge in [-0.2, -0.15) is 0 Å². The first-order chi connectivity index (χ1) is 18.9. The lowest BCUT2D eigenvalue weighted by molar-refractivity contribution is -0.139. The third-order valence-corrected chi connectivity index (χ3v) is 9.42. The monoisotopic (exact) mass is 540 g/mol. The zero-order valence-electron chi connectivity index (χ0n) is 22.6. The Morgan fingerprint density at radius 2 is 1.74 bits per heavy atom. The molecule has 1 unspecified atom stereocenters. The molecule has 39 heavy (non-hydrogen) atoms. The van der Waals surface area contributed by atoms with E-state index in [9.17, 15) is 14.3 Å². The molecule has 2 N–H and O–H groups in total. The molecule has 3 heterocycles. The number of para-hydroxylation sites is 1. The number of aromatic hydroxyl groups is 1. The summed E-state index contributed by atoms with van der Waals surface area (Å²) in [6, 6.07) is 6.89. The van der Waals surface area contributed by atoms with Gasteiger partial charge < -0.3 is 25.0 Å². The smallest absolute Gasteiger partial charge is 0.236 e. The number of ether oxygens (including phenoxy) is 1. The summed E-state index contributed by atoms with van der Waals surface area (Å²) in [7, 11) is 1.56. The van der Waals surface area contributed by atoms with Crippen LogP contribution in [0, 0.1) is 23.0 Å². The molecule has 3 saturated heterocycles. The highest BCUT2D eigenvalue weighted by molar-refractivity contribution is 6.07. The average molecular weight is 541 g/mol. The standard InChI is InChI=1S/C30H38F2N4O3/c1-39-26-18-25(35-13-7-20(8-14-35)19-34-15-11-33-12-16-34)23(32)17-21(26)28-30(9-2-3-10-30)29(38)36(28)24-6-4-5-22(31)27(24)37/h4-6,17-18,20,28,33,37H,2-3,7-16,19H2,1H3. The molecule has 0 radical (unpaired) electrons. The number of methoxy groups -OCH3 is 1. The SMILES string of the molecule is COc1cc(N2CCC(CN3CCNCC3)CC2)c(F)cc1C1N(c2cccc(F)c2O)C(=O)C12CCCC2. The first kappa shape index (κ1) is 26.3. The highest BCUT2D eigenvalue weighted by Crippen LogP contribution is 2.62. The van der Waals surface area contributed by atoms with Crippen LogP contribution in [0.15, 0.2) is 30.3 Å². The lowest BCUT2D eigenvalue weighted by Gasteiger charge is -2.55. The Labute approximate surface area is 228 Å². The quantitative estimate of drug-likeness (QED) is 0.528. The van der Waals surface area contributed by atoms with E-state index in [1.54, 1.807) is 13.2 Å². The number of hydrogen-bond acceptors (Lipinski definition) is 6. The van der Waals surface area contributed by atoms with Crippen LogP contribution in [-0.2, 0) is 4.79 Å². The lowest BCUT2D eigenvalue weighted by Crippen LogP contribution is -2.62. The molecule has 1 spiro atoms. The average Bonchev–Trinajstić information content (AvgIpc) is 3.47. The highest BCUT2D eigenvalue weighted by Gasteiger charge is 2.63. The van der Waals surface area contributed by atoms with Crippen molar-refractivity contribution < 1.29 is 23.4 Å². The number of nitrogens with one attached hydrogen (secondary N) is 1. The molecule has 1 atom stereocenters. The van der Waals surface area contributed by atoms with Crippen molar-refractivity contribution in [1.82, 2.24) is 10.2 Å². The Morgan fingerprint density at radius 3 is 2.44 bits per heavy atom. The third kappa shape index (κ3) is 4.53. The van der Waals surface area contributed by atoms with E-state index in [0.717, 1.165) is 77.6 Å². The second kappa shape index (κ2) is 10.6. The van der Waals surface area contributed by atoms with E-state index in [1.165, 1.54) is 23.1 Å². The molecule has 3 aliphatic heterocycles. The number of amides is 1. The van der Waals surface area contributed by atoms with Crippen molar-refractivity contribution >= 4 is 17.3 Å². The number of β-lactam (4-membered cyclic amide) rings is 1. The zero-order chi connectivity index (χ0) is 27.1. The number of halogens is 2. The molecule has 2 aromatic rings. The molecule has 0 bridgehead atoms. The summed E-state index contributed by atoms with van der Waals surface area (Å²) in [6.45, 7) is 6.92. The molecular weight excluding hydrogens is 502 g/mol. The maximum absolute atomic E-state index is 15.9. The topological polar surface area (TPSA) is 68.3 Å². The van der Waals surface area contributed by atoms with Crippen LogP contribution >= 0.6 is 0 Å². The molecular formula is C30H38F2N4O3. The summed E-state index contributed by atoms with van der Waals surface area (Å²) in [5.74, 6) is -0.728. The molecule has 1 saturated carbocycles. The van der Waals surface area contributed by atoms with E-state index < -0.39 is 23.0 Å². The molecule has 0 aromatic heterocycles. The van der Waals surface area contributed by atoms with Gasteiger partial charge in [-0.05, 0) is 49.8 Å². The van der Waals surface area contributed by atoms with Crippen molar-refractivity contribution in [3.8, 4) is 11.5 Å². The fraction of sp³-hybridized carbons (Fsp3) is 0.567. The Bertz CT molecular complexity index is 1220. The van der Waals surface area contributed by atoms with Crippen LogP contribution in [0.25, 0.3) is 0 Å². The summed E-state index contributed by atoms with van der Waals surface area (Å²) in [6.07, 6.45) is 5.18. The fourth-order valence-corrected chi connectivity index (χ4v) is 7.34. The number of piperidine rings is 1. The Morgan fingerprint density at radius 1 is 1.03 bits per heavy atom. The highest BCUT2D eigenvalue weighted by atomic mass is 19.1. The Hall–Kier alpha value is -2.91. The van der Waals surface area contributed by atoms with E-state index in [0.29, 0.717) is 35.8 Å². The van der Waals surface area contributed by atoms with Gasteiger partial charge in [-0.3, -0.25) is 9.69 Å². The maximum atomic E-state index is 15.9. The number of hydrogen-bond donors (Lipinski definition) is 2. The normalized spacial score (nSPS) is 23.9. The summed E-state index contributed by atoms with van der Waals surface area (Å²) >= 11 is 0. The summed E-state index contributed by atoms with van der Waals surface area (Å²) < 4.78 is 35.9. The number of carbonyl (C=O) groups is 1. The predicted molar refractivity (Wildman–Crippen MR) is 146 cm³/mol. The molecule has 9 heteroatoms. The van der Waals surface area contributed by atoms with Gasteiger partial charge in [0.15, 0.2) is 11.6 Å². The van der Waals surface area contributed by atoms with Crippen LogP contribution in [0.4, 0.5) is 20.2 Å². The van der Waals surface area contributed by atoms with E-state index in [2.05, 4.69) is 15.1 Å². The van der Waals surface area contributed by atoms with Gasteiger partial charge in [-0.15, -0.1) is 0 Å². The molecule has 6 rings (SSSR count). The van der Waals surface area contributed by atoms with E-state index >= 15 is 4.39 Å². The van der Waals surface area contributed by atoms with Crippen LogP contribution in [0.3, 0.4) is 0 Å². The minimum Gasteiger partial charge on any atom is -0.503 e. The number of nitrogens with zero attached hydrogens (tertiary/aromatic N) is 3. The number of carbonyl (C=O) groups excluding carboxylic acids is 1. The summed E-state index contributed by atoms with van der Waals surface area (Å²) in [5.41, 5.74) is 0.503. The second-order valence-electron chi connectivity index (χ2n) is 11.6. The predicted octanol–water partition coefficient (Wildman–Crippen LogP) is 4.45. The van der Waals surface area contributed by atoms with E-state index in [1.807, 2.05) is 0 Å². The molecule has 2 aromatic carbocycles. The second-order valence-corrected chi connectivity index (χ2v) is 11.6. The molecule has 4 fully saturated rings. The van der Waals surface area contributed by atoms with Crippen molar-refractivity contribution in [3.63, 3.8) is 0 Å². The maximum Gasteiger partial charge on any atom is 0.236 e. The lowest BCUT2D eigenvalue weighted by atomic mass is 9.66. The van der Waals surface area contributed by atoms with Crippen LogP contribution in [0.2, 0.25) is 0 Å². The minimum absolute atomic E-state index is 0.112. The molecule has 210 valence electrons. The molecule has 1 amide bonds. The van der Waals surface area contributed by atoms with E-state index in [-0.39, 0.29) is 17.4 Å². The van der Waals surface area contributed by atoms with Gasteiger partial charge in [0.25, 0.3) is 0 Å². The van der Waals surface area contributed by atoms with E-state index in [4.69, 9.17) is 4.74 Å². The van der Waals surface area contributed by atoms with Gasteiger partial charge in [-0.1, -0.05) is 18.9 Å². The van der Waals surface area contributed by atoms with Crippen LogP contribution in [0.1, 0.15) is 50.1 Å². The summed E-state index contributed by atoms with van der Waals surface area (Å²) in [4.78, 5) is 19.6. The van der Waals surface area contributed by atoms with Crippen molar-refractivity contribution in [2.24, 2.45) is 11.3 Å². The van der Waals surface area contributed by atoms with Crippen LogP contribution in [0.5, 0.6) is 11.5 Å². The zero-order valence-corrected chi connectivity index (χ0v) is 22.6. The first-order valence-corrected chi connectivity index (χ1v) is 14.3. The number of rotatable bonds is 6.